The molecule has 1 aromatic carbocycles. The summed E-state index contributed by atoms with van der Waals surface area (Å²) in [5.41, 5.74) is 0.983. The highest BCUT2D eigenvalue weighted by Gasteiger charge is 2.52. The number of amides is 1. The largest absolute Gasteiger partial charge is 0.497 e. The van der Waals surface area contributed by atoms with Gasteiger partial charge in [0.2, 0.25) is 0 Å². The maximum Gasteiger partial charge on any atom is 0.256 e. The summed E-state index contributed by atoms with van der Waals surface area (Å²) in [5, 5.41) is 0. The summed E-state index contributed by atoms with van der Waals surface area (Å²) >= 11 is 13.6. The van der Waals surface area contributed by atoms with Gasteiger partial charge in [-0.15, -0.1) is 0 Å². The van der Waals surface area contributed by atoms with Crippen molar-refractivity contribution in [3.8, 4) is 5.75 Å². The van der Waals surface area contributed by atoms with Crippen molar-refractivity contribution in [3.63, 3.8) is 0 Å². The van der Waals surface area contributed by atoms with Crippen molar-refractivity contribution in [3.05, 3.63) is 29.8 Å². The van der Waals surface area contributed by atoms with Gasteiger partial charge in [0.25, 0.3) is 5.91 Å². The van der Waals surface area contributed by atoms with E-state index in [-0.39, 0.29) is 10.7 Å². The highest BCUT2D eigenvalue weighted by molar-refractivity contribution is 9.14. The third-order valence-corrected chi connectivity index (χ3v) is 7.94. The number of hydrogen-bond donors (Lipinski definition) is 0. The second-order valence-corrected chi connectivity index (χ2v) is 8.58. The molecule has 0 aromatic heterocycles. The summed E-state index contributed by atoms with van der Waals surface area (Å²) < 4.78 is 4.90. The fraction of sp³-hybridized carbons (Fsp3) is 0.333. The molecule has 1 amide bonds. The molecule has 3 nitrogen and oxygen atoms in total. The first-order valence-corrected chi connectivity index (χ1v) is 8.31. The highest BCUT2D eigenvalue weighted by atomic mass is 79.9. The molecule has 0 saturated carbocycles. The Labute approximate surface area is 138 Å². The molecule has 0 aliphatic carbocycles. The van der Waals surface area contributed by atoms with Gasteiger partial charge in [-0.05, 0) is 17.7 Å². The van der Waals surface area contributed by atoms with Crippen LogP contribution in [0.1, 0.15) is 10.4 Å². The molecule has 1 aromatic rings. The van der Waals surface area contributed by atoms with Crippen LogP contribution in [0, 0.1) is 0 Å². The lowest BCUT2D eigenvalue weighted by Gasteiger charge is -2.24. The number of methoxy groups -OCH3 is 1. The number of alkyl halides is 2. The molecule has 19 heavy (non-hydrogen) atoms. The maximum absolute atomic E-state index is 12.3. The standard InChI is InChI=1S/C12H11Br2NO2S2/c1-15-10(16)12(14,19-11(15)18)9(13)7-3-5-8(17-2)6-4-7/h3-6,9H,1-2H3/t9-,12-/m0/s1. The molecule has 2 rings (SSSR count). The van der Waals surface area contributed by atoms with Crippen molar-refractivity contribution >= 4 is 66.1 Å². The van der Waals surface area contributed by atoms with Gasteiger partial charge in [0.15, 0.2) is 3.66 Å². The van der Waals surface area contributed by atoms with Gasteiger partial charge >= 0.3 is 0 Å². The molecule has 1 saturated heterocycles. The van der Waals surface area contributed by atoms with Gasteiger partial charge in [0.05, 0.1) is 11.9 Å². The molecule has 0 radical (unpaired) electrons. The number of carbonyl (C=O) groups is 1. The second-order valence-electron chi connectivity index (χ2n) is 4.01. The Kier molecular flexibility index (Phi) is 4.59. The lowest BCUT2D eigenvalue weighted by molar-refractivity contribution is -0.125. The van der Waals surface area contributed by atoms with E-state index in [0.29, 0.717) is 4.32 Å². The van der Waals surface area contributed by atoms with Crippen LogP contribution in [0.15, 0.2) is 24.3 Å². The van der Waals surface area contributed by atoms with Gasteiger partial charge in [0, 0.05) is 7.05 Å². The molecule has 0 bridgehead atoms. The molecule has 0 N–H and O–H groups in total. The first-order chi connectivity index (χ1) is 8.90. The summed E-state index contributed by atoms with van der Waals surface area (Å²) in [4.78, 5) is 13.6. The molecule has 1 fully saturated rings. The molecule has 7 heteroatoms. The summed E-state index contributed by atoms with van der Waals surface area (Å²) in [6.07, 6.45) is 0. The fourth-order valence-corrected chi connectivity index (χ4v) is 5.21. The van der Waals surface area contributed by atoms with Gasteiger partial charge in [-0.1, -0.05) is 68.0 Å². The van der Waals surface area contributed by atoms with Gasteiger partial charge in [-0.25, -0.2) is 0 Å². The van der Waals surface area contributed by atoms with Crippen LogP contribution >= 0.6 is 55.8 Å². The van der Waals surface area contributed by atoms with Crippen LogP contribution in [-0.2, 0) is 4.79 Å². The van der Waals surface area contributed by atoms with Gasteiger partial charge in [0.1, 0.15) is 10.1 Å². The van der Waals surface area contributed by atoms with Crippen molar-refractivity contribution in [2.45, 2.75) is 8.48 Å². The number of benzene rings is 1. The quantitative estimate of drug-likeness (QED) is 0.546. The highest BCUT2D eigenvalue weighted by Crippen LogP contribution is 2.53. The Morgan fingerprint density at radius 1 is 1.42 bits per heavy atom. The lowest BCUT2D eigenvalue weighted by atomic mass is 10.1. The van der Waals surface area contributed by atoms with Gasteiger partial charge in [-0.3, -0.25) is 9.69 Å². The summed E-state index contributed by atoms with van der Waals surface area (Å²) in [6.45, 7) is 0. The smallest absolute Gasteiger partial charge is 0.256 e. The van der Waals surface area contributed by atoms with E-state index < -0.39 is 3.66 Å². The number of nitrogens with zero attached hydrogens (tertiary/aromatic N) is 1. The molecule has 1 aliphatic heterocycles. The van der Waals surface area contributed by atoms with Crippen LogP contribution < -0.4 is 4.74 Å². The van der Waals surface area contributed by atoms with E-state index in [4.69, 9.17) is 17.0 Å². The zero-order valence-corrected chi connectivity index (χ0v) is 15.0. The molecule has 1 aliphatic rings. The number of halogens is 2. The van der Waals surface area contributed by atoms with Crippen molar-refractivity contribution in [2.75, 3.05) is 14.2 Å². The van der Waals surface area contributed by atoms with E-state index in [1.165, 1.54) is 16.7 Å². The minimum absolute atomic E-state index is 0.0554. The third kappa shape index (κ3) is 2.70. The zero-order chi connectivity index (χ0) is 14.2. The SMILES string of the molecule is COc1ccc([C@H](Br)[C@]2(Br)SC(=S)N(C)C2=O)cc1. The minimum Gasteiger partial charge on any atom is -0.497 e. The number of carbonyl (C=O) groups excluding carboxylic acids is 1. The third-order valence-electron chi connectivity index (χ3n) is 2.84. The number of thioether (sulfide) groups is 1. The molecule has 0 spiro atoms. The van der Waals surface area contributed by atoms with E-state index in [1.807, 2.05) is 24.3 Å². The number of thiocarbonyl (C=S) groups is 1. The topological polar surface area (TPSA) is 29.5 Å². The van der Waals surface area contributed by atoms with E-state index in [2.05, 4.69) is 31.9 Å². The predicted octanol–water partition coefficient (Wildman–Crippen LogP) is 3.71. The van der Waals surface area contributed by atoms with E-state index in [0.717, 1.165) is 11.3 Å². The second kappa shape index (κ2) is 5.71. The van der Waals surface area contributed by atoms with Crippen molar-refractivity contribution in [2.24, 2.45) is 0 Å². The molecule has 102 valence electrons. The lowest BCUT2D eigenvalue weighted by Crippen LogP contribution is -2.35. The molecular formula is C12H11Br2NO2S2. The van der Waals surface area contributed by atoms with Crippen molar-refractivity contribution in [1.29, 1.82) is 0 Å². The summed E-state index contributed by atoms with van der Waals surface area (Å²) in [6, 6.07) is 7.59. The average Bonchev–Trinajstić information content (AvgIpc) is 2.63. The molecule has 0 unspecified atom stereocenters. The number of rotatable bonds is 3. The number of hydrogen-bond acceptors (Lipinski definition) is 4. The first-order valence-electron chi connectivity index (χ1n) is 5.38. The van der Waals surface area contributed by atoms with Crippen molar-refractivity contribution in [1.82, 2.24) is 4.90 Å². The minimum atomic E-state index is -0.798. The van der Waals surface area contributed by atoms with Crippen LogP contribution in [0.2, 0.25) is 0 Å². The van der Waals surface area contributed by atoms with Crippen LogP contribution in [0.25, 0.3) is 0 Å². The Hall–Kier alpha value is -0.110. The Bertz CT molecular complexity index is 523. The summed E-state index contributed by atoms with van der Waals surface area (Å²) in [5.74, 6) is 0.727. The monoisotopic (exact) mass is 423 g/mol. The van der Waals surface area contributed by atoms with Gasteiger partial charge in [-0.2, -0.15) is 0 Å². The van der Waals surface area contributed by atoms with E-state index in [9.17, 15) is 4.79 Å². The Morgan fingerprint density at radius 2 is 2.00 bits per heavy atom. The van der Waals surface area contributed by atoms with E-state index >= 15 is 0 Å². The predicted molar refractivity (Wildman–Crippen MR) is 89.3 cm³/mol. The van der Waals surface area contributed by atoms with Crippen LogP contribution in [0.4, 0.5) is 0 Å². The van der Waals surface area contributed by atoms with Crippen molar-refractivity contribution < 1.29 is 9.53 Å². The summed E-state index contributed by atoms with van der Waals surface area (Å²) in [7, 11) is 3.31. The average molecular weight is 425 g/mol. The zero-order valence-electron chi connectivity index (χ0n) is 10.2. The van der Waals surface area contributed by atoms with Crippen LogP contribution in [0.3, 0.4) is 0 Å². The Balaban J connectivity index is 2.30. The molecular weight excluding hydrogens is 414 g/mol. The van der Waals surface area contributed by atoms with Gasteiger partial charge < -0.3 is 4.74 Å². The van der Waals surface area contributed by atoms with Crippen LogP contribution in [0.5, 0.6) is 5.75 Å². The van der Waals surface area contributed by atoms with E-state index in [1.54, 1.807) is 14.2 Å². The molecule has 2 atom stereocenters. The number of ether oxygens (including phenoxy) is 1. The fourth-order valence-electron chi connectivity index (χ4n) is 1.70. The maximum atomic E-state index is 12.3. The first kappa shape index (κ1) is 15.3. The van der Waals surface area contributed by atoms with Crippen LogP contribution in [-0.4, -0.2) is 32.9 Å². The molecule has 1 heterocycles. The Morgan fingerprint density at radius 3 is 2.42 bits per heavy atom. The normalized spacial score (nSPS) is 24.7.